The summed E-state index contributed by atoms with van der Waals surface area (Å²) in [6.07, 6.45) is 3.31. The smallest absolute Gasteiger partial charge is 0.269 e. The predicted molar refractivity (Wildman–Crippen MR) is 92.1 cm³/mol. The molecule has 24 heavy (non-hydrogen) atoms. The fourth-order valence-corrected chi connectivity index (χ4v) is 3.32. The Morgan fingerprint density at radius 1 is 1.38 bits per heavy atom. The maximum atomic E-state index is 12.1. The Labute approximate surface area is 142 Å². The minimum absolute atomic E-state index is 0.117. The molecule has 0 unspecified atom stereocenters. The molecule has 2 aliphatic rings. The molecular formula is C17H25N5O2. The summed E-state index contributed by atoms with van der Waals surface area (Å²) in [5.41, 5.74) is 1.98. The van der Waals surface area contributed by atoms with Crippen molar-refractivity contribution in [2.24, 2.45) is 5.16 Å². The molecule has 2 aliphatic heterocycles. The van der Waals surface area contributed by atoms with E-state index in [1.54, 1.807) is 0 Å². The van der Waals surface area contributed by atoms with Gasteiger partial charge in [-0.25, -0.2) is 9.97 Å². The van der Waals surface area contributed by atoms with Gasteiger partial charge in [-0.05, 0) is 39.2 Å². The number of nitrogens with zero attached hydrogens (tertiary/aromatic N) is 4. The van der Waals surface area contributed by atoms with Gasteiger partial charge in [-0.3, -0.25) is 4.79 Å². The lowest BCUT2D eigenvalue weighted by atomic mass is 9.88. The van der Waals surface area contributed by atoms with Crippen molar-refractivity contribution in [3.63, 3.8) is 0 Å². The van der Waals surface area contributed by atoms with E-state index in [0.717, 1.165) is 43.1 Å². The number of carbonyl (C=O) groups is 1. The van der Waals surface area contributed by atoms with Gasteiger partial charge in [-0.2, -0.15) is 0 Å². The zero-order chi connectivity index (χ0) is 17.2. The highest BCUT2D eigenvalue weighted by Crippen LogP contribution is 2.34. The first-order chi connectivity index (χ1) is 11.5. The van der Waals surface area contributed by atoms with E-state index >= 15 is 0 Å². The van der Waals surface area contributed by atoms with Gasteiger partial charge in [0.25, 0.3) is 5.91 Å². The number of anilines is 1. The second-order valence-corrected chi connectivity index (χ2v) is 6.72. The number of aryl methyl sites for hydroxylation is 2. The number of piperidine rings is 1. The quantitative estimate of drug-likeness (QED) is 0.909. The van der Waals surface area contributed by atoms with Crippen LogP contribution in [0.4, 0.5) is 5.95 Å². The van der Waals surface area contributed by atoms with Crippen molar-refractivity contribution in [3.8, 4) is 0 Å². The Hall–Kier alpha value is -2.18. The molecule has 0 aromatic carbocycles. The van der Waals surface area contributed by atoms with Crippen LogP contribution in [0.3, 0.4) is 0 Å². The van der Waals surface area contributed by atoms with E-state index in [2.05, 4.69) is 25.3 Å². The summed E-state index contributed by atoms with van der Waals surface area (Å²) < 4.78 is 0. The maximum absolute atomic E-state index is 12.1. The lowest BCUT2D eigenvalue weighted by Gasteiger charge is -2.38. The molecule has 3 rings (SSSR count). The maximum Gasteiger partial charge on any atom is 0.269 e. The van der Waals surface area contributed by atoms with Crippen molar-refractivity contribution in [2.75, 3.05) is 24.5 Å². The normalized spacial score (nSPS) is 23.1. The van der Waals surface area contributed by atoms with Crippen molar-refractivity contribution in [2.45, 2.75) is 52.1 Å². The predicted octanol–water partition coefficient (Wildman–Crippen LogP) is 1.73. The third-order valence-electron chi connectivity index (χ3n) is 4.43. The van der Waals surface area contributed by atoms with Gasteiger partial charge >= 0.3 is 0 Å². The first-order valence-electron chi connectivity index (χ1n) is 8.62. The first kappa shape index (κ1) is 16.7. The third kappa shape index (κ3) is 3.49. The van der Waals surface area contributed by atoms with Crippen LogP contribution in [0, 0.1) is 13.8 Å². The first-order valence-corrected chi connectivity index (χ1v) is 8.62. The Balaban J connectivity index is 1.69. The van der Waals surface area contributed by atoms with Crippen LogP contribution in [0.2, 0.25) is 0 Å². The van der Waals surface area contributed by atoms with Gasteiger partial charge in [0.2, 0.25) is 5.95 Å². The van der Waals surface area contributed by atoms with Crippen LogP contribution in [-0.2, 0) is 9.63 Å². The van der Waals surface area contributed by atoms with E-state index in [-0.39, 0.29) is 5.91 Å². The van der Waals surface area contributed by atoms with Crippen LogP contribution in [0.15, 0.2) is 11.2 Å². The molecule has 7 heteroatoms. The number of aromatic nitrogens is 2. The van der Waals surface area contributed by atoms with E-state index in [1.807, 2.05) is 26.8 Å². The molecule has 1 N–H and O–H groups in total. The number of rotatable bonds is 4. The number of carbonyl (C=O) groups excluding carboxylic acids is 1. The molecule has 130 valence electrons. The van der Waals surface area contributed by atoms with Gasteiger partial charge < -0.3 is 15.1 Å². The average molecular weight is 331 g/mol. The number of nitrogens with one attached hydrogen (secondary N) is 1. The molecule has 1 saturated heterocycles. The summed E-state index contributed by atoms with van der Waals surface area (Å²) in [5, 5.41) is 6.93. The minimum atomic E-state index is -0.432. The molecule has 0 bridgehead atoms. The number of hydrogen-bond donors (Lipinski definition) is 1. The minimum Gasteiger partial charge on any atom is -0.386 e. The van der Waals surface area contributed by atoms with Crippen molar-refractivity contribution in [1.82, 2.24) is 15.3 Å². The van der Waals surface area contributed by atoms with Crippen LogP contribution in [-0.4, -0.2) is 46.8 Å². The lowest BCUT2D eigenvalue weighted by molar-refractivity contribution is -0.114. The zero-order valence-electron chi connectivity index (χ0n) is 14.6. The summed E-state index contributed by atoms with van der Waals surface area (Å²) in [7, 11) is 0. The molecule has 0 aliphatic carbocycles. The van der Waals surface area contributed by atoms with Gasteiger partial charge in [-0.1, -0.05) is 12.1 Å². The summed E-state index contributed by atoms with van der Waals surface area (Å²) in [5.74, 6) is 0.618. The van der Waals surface area contributed by atoms with Gasteiger partial charge in [0.05, 0.1) is 6.54 Å². The molecule has 1 aromatic heterocycles. The number of hydrogen-bond acceptors (Lipinski definition) is 6. The number of oxime groups is 1. The molecule has 1 atom stereocenters. The Morgan fingerprint density at radius 2 is 2.12 bits per heavy atom. The summed E-state index contributed by atoms with van der Waals surface area (Å²) in [6.45, 7) is 8.19. The second-order valence-electron chi connectivity index (χ2n) is 6.72. The zero-order valence-corrected chi connectivity index (χ0v) is 14.6. The highest BCUT2D eigenvalue weighted by atomic mass is 16.7. The monoisotopic (exact) mass is 331 g/mol. The summed E-state index contributed by atoms with van der Waals surface area (Å²) in [6, 6.07) is 1.97. The molecule has 0 radical (unpaired) electrons. The highest BCUT2D eigenvalue weighted by molar-refractivity contribution is 6.39. The van der Waals surface area contributed by atoms with Crippen LogP contribution in [0.1, 0.15) is 44.0 Å². The number of amides is 1. The van der Waals surface area contributed by atoms with E-state index in [9.17, 15) is 4.79 Å². The van der Waals surface area contributed by atoms with Gasteiger partial charge in [0, 0.05) is 30.9 Å². The van der Waals surface area contributed by atoms with E-state index in [4.69, 9.17) is 4.84 Å². The van der Waals surface area contributed by atoms with Crippen molar-refractivity contribution < 1.29 is 9.63 Å². The largest absolute Gasteiger partial charge is 0.386 e. The van der Waals surface area contributed by atoms with Crippen LogP contribution < -0.4 is 10.2 Å². The SMILES string of the molecule is CCCNC(=O)C1=NO[C@@]2(CCCN(c3nc(C)cc(C)n3)C2)C1. The highest BCUT2D eigenvalue weighted by Gasteiger charge is 2.45. The molecule has 1 amide bonds. The molecule has 1 spiro atoms. The van der Waals surface area contributed by atoms with Crippen molar-refractivity contribution in [1.29, 1.82) is 0 Å². The molecule has 3 heterocycles. The van der Waals surface area contributed by atoms with E-state index in [1.165, 1.54) is 0 Å². The van der Waals surface area contributed by atoms with Gasteiger partial charge in [0.1, 0.15) is 5.71 Å². The average Bonchev–Trinajstić information content (AvgIpc) is 2.95. The summed E-state index contributed by atoms with van der Waals surface area (Å²) >= 11 is 0. The fraction of sp³-hybridized carbons (Fsp3) is 0.647. The lowest BCUT2D eigenvalue weighted by Crippen LogP contribution is -2.49. The van der Waals surface area contributed by atoms with Crippen molar-refractivity contribution in [3.05, 3.63) is 17.5 Å². The second kappa shape index (κ2) is 6.75. The molecule has 0 saturated carbocycles. The molecule has 1 fully saturated rings. The van der Waals surface area contributed by atoms with E-state index < -0.39 is 5.60 Å². The standard InChI is InChI=1S/C17H25N5O2/c1-4-7-18-15(23)14-10-17(24-21-14)6-5-8-22(11-17)16-19-12(2)9-13(3)20-16/h9H,4-8,10-11H2,1-3H3,(H,18,23)/t17-/m0/s1. The Bertz CT molecular complexity index is 640. The molecule has 1 aromatic rings. The van der Waals surface area contributed by atoms with Gasteiger partial charge in [0.15, 0.2) is 5.60 Å². The Kier molecular flexibility index (Phi) is 4.69. The Morgan fingerprint density at radius 3 is 2.83 bits per heavy atom. The van der Waals surface area contributed by atoms with Gasteiger partial charge in [-0.15, -0.1) is 0 Å². The fourth-order valence-electron chi connectivity index (χ4n) is 3.32. The van der Waals surface area contributed by atoms with Crippen LogP contribution in [0.25, 0.3) is 0 Å². The van der Waals surface area contributed by atoms with E-state index in [0.29, 0.717) is 25.2 Å². The molecular weight excluding hydrogens is 306 g/mol. The third-order valence-corrected chi connectivity index (χ3v) is 4.43. The van der Waals surface area contributed by atoms with Crippen LogP contribution in [0.5, 0.6) is 0 Å². The van der Waals surface area contributed by atoms with Crippen molar-refractivity contribution >= 4 is 17.6 Å². The summed E-state index contributed by atoms with van der Waals surface area (Å²) in [4.78, 5) is 29.1. The van der Waals surface area contributed by atoms with Crippen LogP contribution >= 0.6 is 0 Å². The molecule has 7 nitrogen and oxygen atoms in total. The topological polar surface area (TPSA) is 79.7 Å².